The van der Waals surface area contributed by atoms with Crippen molar-refractivity contribution < 1.29 is 19.4 Å². The van der Waals surface area contributed by atoms with Gasteiger partial charge in [-0.25, -0.2) is 4.79 Å². The molecule has 0 aliphatic carbocycles. The molecule has 21 heavy (non-hydrogen) atoms. The van der Waals surface area contributed by atoms with Crippen LogP contribution in [-0.2, 0) is 16.1 Å². The van der Waals surface area contributed by atoms with Gasteiger partial charge in [0.1, 0.15) is 5.92 Å². The number of carboxylic acids is 1. The van der Waals surface area contributed by atoms with Gasteiger partial charge >= 0.3 is 12.0 Å². The van der Waals surface area contributed by atoms with Crippen molar-refractivity contribution in [2.24, 2.45) is 5.92 Å². The molecule has 1 fully saturated rings. The Kier molecular flexibility index (Phi) is 5.03. The Morgan fingerprint density at radius 3 is 2.81 bits per heavy atom. The Morgan fingerprint density at radius 1 is 1.43 bits per heavy atom. The molecule has 7 heteroatoms. The zero-order valence-corrected chi connectivity index (χ0v) is 12.3. The number of benzene rings is 1. The van der Waals surface area contributed by atoms with Gasteiger partial charge in [0.2, 0.25) is 0 Å². The number of nitrogens with zero attached hydrogens (tertiary/aromatic N) is 1. The summed E-state index contributed by atoms with van der Waals surface area (Å²) in [6.45, 7) is 0.675. The molecular weight excluding hydrogens is 296 g/mol. The van der Waals surface area contributed by atoms with Crippen LogP contribution in [0.5, 0.6) is 0 Å². The summed E-state index contributed by atoms with van der Waals surface area (Å²) in [5, 5.41) is 12.3. The quantitative estimate of drug-likeness (QED) is 0.885. The summed E-state index contributed by atoms with van der Waals surface area (Å²) in [6.07, 6.45) is 0. The Hall–Kier alpha value is -1.79. The lowest BCUT2D eigenvalue weighted by atomic mass is 10.0. The third-order valence-corrected chi connectivity index (χ3v) is 3.79. The number of urea groups is 1. The van der Waals surface area contributed by atoms with Gasteiger partial charge in [-0.1, -0.05) is 29.8 Å². The molecule has 0 radical (unpaired) electrons. The Balaban J connectivity index is 1.94. The molecule has 1 heterocycles. The molecule has 0 aromatic heterocycles. The van der Waals surface area contributed by atoms with Gasteiger partial charge in [-0.15, -0.1) is 0 Å². The minimum absolute atomic E-state index is 0.120. The van der Waals surface area contributed by atoms with E-state index in [4.69, 9.17) is 21.4 Å². The molecule has 1 aliphatic rings. The predicted molar refractivity (Wildman–Crippen MR) is 77.2 cm³/mol. The van der Waals surface area contributed by atoms with Gasteiger partial charge in [0, 0.05) is 18.6 Å². The number of aliphatic carboxylic acids is 1. The lowest BCUT2D eigenvalue weighted by molar-refractivity contribution is -0.142. The summed E-state index contributed by atoms with van der Waals surface area (Å²) < 4.78 is 5.11. The first-order valence-corrected chi connectivity index (χ1v) is 6.92. The van der Waals surface area contributed by atoms with Crippen LogP contribution in [0.15, 0.2) is 24.3 Å². The van der Waals surface area contributed by atoms with E-state index in [1.54, 1.807) is 13.1 Å². The van der Waals surface area contributed by atoms with Crippen molar-refractivity contribution in [3.8, 4) is 0 Å². The summed E-state index contributed by atoms with van der Waals surface area (Å²) in [5.41, 5.74) is 0.828. The second kappa shape index (κ2) is 6.78. The normalized spacial score (nSPS) is 21.0. The van der Waals surface area contributed by atoms with E-state index >= 15 is 0 Å². The van der Waals surface area contributed by atoms with Gasteiger partial charge in [0.25, 0.3) is 0 Å². The highest BCUT2D eigenvalue weighted by molar-refractivity contribution is 6.31. The lowest BCUT2D eigenvalue weighted by Gasteiger charge is -2.22. The number of hydrogen-bond acceptors (Lipinski definition) is 3. The van der Waals surface area contributed by atoms with Crippen LogP contribution in [0, 0.1) is 5.92 Å². The standard InChI is InChI=1S/C14H17ClN2O4/c1-17(6-9-4-2-3-5-11(9)15)14(20)16-12-8-21-7-10(12)13(18)19/h2-5,10,12H,6-8H2,1H3,(H,16,20)(H,18,19). The first kappa shape index (κ1) is 15.6. The number of ether oxygens (including phenoxy) is 1. The second-order valence-electron chi connectivity index (χ2n) is 4.99. The first-order valence-electron chi connectivity index (χ1n) is 6.54. The van der Waals surface area contributed by atoms with E-state index in [9.17, 15) is 9.59 Å². The third kappa shape index (κ3) is 3.86. The van der Waals surface area contributed by atoms with E-state index in [-0.39, 0.29) is 19.2 Å². The molecule has 1 saturated heterocycles. The molecule has 0 saturated carbocycles. The van der Waals surface area contributed by atoms with Crippen LogP contribution >= 0.6 is 11.6 Å². The fourth-order valence-electron chi connectivity index (χ4n) is 2.16. The van der Waals surface area contributed by atoms with E-state index in [1.165, 1.54) is 4.90 Å². The van der Waals surface area contributed by atoms with Crippen LogP contribution in [0.25, 0.3) is 0 Å². The molecule has 2 rings (SSSR count). The molecule has 2 N–H and O–H groups in total. The number of carboxylic acid groups (broad SMARTS) is 1. The Labute approximate surface area is 127 Å². The monoisotopic (exact) mass is 312 g/mol. The number of hydrogen-bond donors (Lipinski definition) is 2. The predicted octanol–water partition coefficient (Wildman–Crippen LogP) is 1.58. The average Bonchev–Trinajstić information content (AvgIpc) is 2.89. The van der Waals surface area contributed by atoms with Crippen LogP contribution < -0.4 is 5.32 Å². The van der Waals surface area contributed by atoms with Gasteiger partial charge in [-0.3, -0.25) is 4.79 Å². The summed E-state index contributed by atoms with van der Waals surface area (Å²) in [4.78, 5) is 24.6. The zero-order chi connectivity index (χ0) is 15.4. The minimum atomic E-state index is -0.966. The minimum Gasteiger partial charge on any atom is -0.481 e. The smallest absolute Gasteiger partial charge is 0.317 e. The number of rotatable bonds is 4. The first-order chi connectivity index (χ1) is 9.99. The van der Waals surface area contributed by atoms with Crippen molar-refractivity contribution in [3.05, 3.63) is 34.9 Å². The second-order valence-corrected chi connectivity index (χ2v) is 5.39. The highest BCUT2D eigenvalue weighted by Crippen LogP contribution is 2.17. The molecule has 6 nitrogen and oxygen atoms in total. The van der Waals surface area contributed by atoms with E-state index in [0.29, 0.717) is 11.6 Å². The third-order valence-electron chi connectivity index (χ3n) is 3.42. The molecule has 1 aliphatic heterocycles. The summed E-state index contributed by atoms with van der Waals surface area (Å²) in [7, 11) is 1.63. The van der Waals surface area contributed by atoms with E-state index < -0.39 is 17.9 Å². The molecule has 114 valence electrons. The van der Waals surface area contributed by atoms with E-state index in [2.05, 4.69) is 5.32 Å². The molecule has 2 unspecified atom stereocenters. The van der Waals surface area contributed by atoms with Crippen LogP contribution in [0.2, 0.25) is 5.02 Å². The largest absolute Gasteiger partial charge is 0.481 e. The summed E-state index contributed by atoms with van der Waals surface area (Å²) in [5.74, 6) is -1.67. The van der Waals surface area contributed by atoms with E-state index in [1.807, 2.05) is 18.2 Å². The highest BCUT2D eigenvalue weighted by Gasteiger charge is 2.35. The van der Waals surface area contributed by atoms with Crippen LogP contribution in [0.3, 0.4) is 0 Å². The molecule has 0 spiro atoms. The van der Waals surface area contributed by atoms with Gasteiger partial charge in [-0.2, -0.15) is 0 Å². The summed E-state index contributed by atoms with van der Waals surface area (Å²) >= 11 is 6.05. The van der Waals surface area contributed by atoms with Crippen molar-refractivity contribution in [1.29, 1.82) is 0 Å². The van der Waals surface area contributed by atoms with Crippen molar-refractivity contribution >= 4 is 23.6 Å². The molecule has 1 aromatic rings. The van der Waals surface area contributed by atoms with Gasteiger partial charge in [0.15, 0.2) is 0 Å². The fraction of sp³-hybridized carbons (Fsp3) is 0.429. The molecule has 0 bridgehead atoms. The summed E-state index contributed by atoms with van der Waals surface area (Å²) in [6, 6.07) is 6.40. The highest BCUT2D eigenvalue weighted by atomic mass is 35.5. The van der Waals surface area contributed by atoms with Crippen molar-refractivity contribution in [1.82, 2.24) is 10.2 Å². The maximum absolute atomic E-state index is 12.1. The molecule has 1 aromatic carbocycles. The topological polar surface area (TPSA) is 78.9 Å². The number of carbonyl (C=O) groups is 2. The number of amides is 2. The average molecular weight is 313 g/mol. The van der Waals surface area contributed by atoms with Crippen LogP contribution in [0.4, 0.5) is 4.79 Å². The van der Waals surface area contributed by atoms with Gasteiger partial charge < -0.3 is 20.1 Å². The van der Waals surface area contributed by atoms with Crippen molar-refractivity contribution in [2.45, 2.75) is 12.6 Å². The number of nitrogens with one attached hydrogen (secondary N) is 1. The van der Waals surface area contributed by atoms with Crippen LogP contribution in [-0.4, -0.2) is 48.3 Å². The Bertz CT molecular complexity index is 537. The van der Waals surface area contributed by atoms with Gasteiger partial charge in [-0.05, 0) is 11.6 Å². The van der Waals surface area contributed by atoms with Crippen LogP contribution in [0.1, 0.15) is 5.56 Å². The van der Waals surface area contributed by atoms with E-state index in [0.717, 1.165) is 5.56 Å². The maximum atomic E-state index is 12.1. The van der Waals surface area contributed by atoms with Crippen molar-refractivity contribution in [2.75, 3.05) is 20.3 Å². The van der Waals surface area contributed by atoms with Crippen molar-refractivity contribution in [3.63, 3.8) is 0 Å². The molecule has 2 amide bonds. The molecular formula is C14H17ClN2O4. The number of carbonyl (C=O) groups excluding carboxylic acids is 1. The molecule has 2 atom stereocenters. The lowest BCUT2D eigenvalue weighted by Crippen LogP contribution is -2.47. The maximum Gasteiger partial charge on any atom is 0.317 e. The van der Waals surface area contributed by atoms with Gasteiger partial charge in [0.05, 0.1) is 19.3 Å². The number of halogens is 1. The fourth-order valence-corrected chi connectivity index (χ4v) is 2.36. The zero-order valence-electron chi connectivity index (χ0n) is 11.6. The Morgan fingerprint density at radius 2 is 2.14 bits per heavy atom. The SMILES string of the molecule is CN(Cc1ccccc1Cl)C(=O)NC1COCC1C(=O)O.